The number of anilines is 3. The van der Waals surface area contributed by atoms with Gasteiger partial charge in [-0.15, -0.1) is 0 Å². The third kappa shape index (κ3) is 4.98. The van der Waals surface area contributed by atoms with Crippen LogP contribution in [0.25, 0.3) is 71.7 Å². The SMILES string of the molecule is [2H]c1ccc2c(c1)c1ccc(N(c3ccc(-c4ccccc4)cc3)c3ccc(-c4ccccc4)cc3)cc1n2-c1ccc2oc3ccccc3c2c1. The van der Waals surface area contributed by atoms with Gasteiger partial charge in [0.25, 0.3) is 0 Å². The molecule has 0 radical (unpaired) electrons. The van der Waals surface area contributed by atoms with Gasteiger partial charge in [0.15, 0.2) is 0 Å². The highest BCUT2D eigenvalue weighted by Crippen LogP contribution is 2.41. The summed E-state index contributed by atoms with van der Waals surface area (Å²) in [7, 11) is 0. The topological polar surface area (TPSA) is 21.3 Å². The second-order valence-corrected chi connectivity index (χ2v) is 12.9. The highest BCUT2D eigenvalue weighted by Gasteiger charge is 2.19. The van der Waals surface area contributed by atoms with Crippen LogP contribution in [0, 0.1) is 0 Å². The molecule has 3 heteroatoms. The van der Waals surface area contributed by atoms with E-state index in [9.17, 15) is 0 Å². The maximum Gasteiger partial charge on any atom is 0.135 e. The molecular formula is C48H32N2O. The van der Waals surface area contributed by atoms with Crippen molar-refractivity contribution in [2.45, 2.75) is 0 Å². The van der Waals surface area contributed by atoms with E-state index in [2.05, 4.69) is 173 Å². The van der Waals surface area contributed by atoms with Gasteiger partial charge in [0.1, 0.15) is 11.2 Å². The van der Waals surface area contributed by atoms with Gasteiger partial charge in [-0.2, -0.15) is 0 Å². The van der Waals surface area contributed by atoms with E-state index in [0.717, 1.165) is 66.5 Å². The van der Waals surface area contributed by atoms with Crippen LogP contribution in [0.2, 0.25) is 0 Å². The maximum absolute atomic E-state index is 8.51. The van der Waals surface area contributed by atoms with Gasteiger partial charge in [0, 0.05) is 44.3 Å². The van der Waals surface area contributed by atoms with Gasteiger partial charge in [0.05, 0.1) is 12.4 Å². The van der Waals surface area contributed by atoms with E-state index in [1.807, 2.05) is 24.3 Å². The Morgan fingerprint density at radius 3 is 1.65 bits per heavy atom. The van der Waals surface area contributed by atoms with Crippen LogP contribution in [0.1, 0.15) is 1.37 Å². The summed E-state index contributed by atoms with van der Waals surface area (Å²) in [6.07, 6.45) is 0. The molecule has 2 aromatic heterocycles. The number of hydrogen-bond acceptors (Lipinski definition) is 2. The zero-order valence-electron chi connectivity index (χ0n) is 28.7. The smallest absolute Gasteiger partial charge is 0.135 e. The molecule has 0 aliphatic rings. The number of aromatic nitrogens is 1. The van der Waals surface area contributed by atoms with E-state index < -0.39 is 0 Å². The number of hydrogen-bond donors (Lipinski definition) is 0. The van der Waals surface area contributed by atoms with E-state index in [-0.39, 0.29) is 0 Å². The number of rotatable bonds is 6. The van der Waals surface area contributed by atoms with Crippen LogP contribution >= 0.6 is 0 Å². The Morgan fingerprint density at radius 1 is 0.392 bits per heavy atom. The molecule has 0 aliphatic carbocycles. The average molecular weight is 654 g/mol. The molecule has 0 saturated heterocycles. The Bertz CT molecular complexity index is 2810. The molecule has 0 unspecified atom stereocenters. The Balaban J connectivity index is 1.17. The molecule has 2 heterocycles. The molecule has 0 N–H and O–H groups in total. The van der Waals surface area contributed by atoms with Gasteiger partial charge in [-0.3, -0.25) is 0 Å². The molecule has 0 atom stereocenters. The van der Waals surface area contributed by atoms with Crippen molar-refractivity contribution in [3.05, 3.63) is 194 Å². The molecule has 10 rings (SSSR count). The number of nitrogens with zero attached hydrogens (tertiary/aromatic N) is 2. The minimum absolute atomic E-state index is 0.491. The van der Waals surface area contributed by atoms with Crippen LogP contribution in [0.4, 0.5) is 17.1 Å². The highest BCUT2D eigenvalue weighted by atomic mass is 16.3. The quantitative estimate of drug-likeness (QED) is 0.178. The van der Waals surface area contributed by atoms with Crippen molar-refractivity contribution in [2.24, 2.45) is 0 Å². The van der Waals surface area contributed by atoms with Crippen LogP contribution in [-0.2, 0) is 0 Å². The van der Waals surface area contributed by atoms with E-state index in [0.29, 0.717) is 6.04 Å². The standard InChI is InChI=1S/C48H32N2O/c1-3-11-33(12-4-1)35-19-23-37(24-20-35)49(38-25-21-36(22-26-38)34-13-5-2-6-14-34)40-27-29-42-41-15-7-9-17-45(41)50(46(42)32-40)39-28-30-48-44(31-39)43-16-8-10-18-47(43)51-48/h1-32H/i7D. The maximum atomic E-state index is 8.51. The molecule has 0 amide bonds. The van der Waals surface area contributed by atoms with Crippen molar-refractivity contribution in [1.29, 1.82) is 0 Å². The first kappa shape index (κ1) is 28.0. The summed E-state index contributed by atoms with van der Waals surface area (Å²) in [6.45, 7) is 0. The Kier molecular flexibility index (Phi) is 6.56. The predicted octanol–water partition coefficient (Wildman–Crippen LogP) is 13.5. The fourth-order valence-corrected chi connectivity index (χ4v) is 7.48. The van der Waals surface area contributed by atoms with Gasteiger partial charge in [0.2, 0.25) is 0 Å². The summed E-state index contributed by atoms with van der Waals surface area (Å²) in [5.74, 6) is 0. The summed E-state index contributed by atoms with van der Waals surface area (Å²) >= 11 is 0. The van der Waals surface area contributed by atoms with Gasteiger partial charge < -0.3 is 13.9 Å². The average Bonchev–Trinajstić information content (AvgIpc) is 3.74. The molecule has 0 fully saturated rings. The lowest BCUT2D eigenvalue weighted by Crippen LogP contribution is -2.10. The third-order valence-electron chi connectivity index (χ3n) is 9.94. The molecule has 0 spiro atoms. The van der Waals surface area contributed by atoms with Gasteiger partial charge in [-0.1, -0.05) is 127 Å². The third-order valence-corrected chi connectivity index (χ3v) is 9.94. The Hall–Kier alpha value is -6.84. The normalized spacial score (nSPS) is 11.8. The first-order chi connectivity index (χ1) is 25.7. The van der Waals surface area contributed by atoms with Crippen molar-refractivity contribution in [3.63, 3.8) is 0 Å². The first-order valence-electron chi connectivity index (χ1n) is 17.8. The molecule has 0 bridgehead atoms. The van der Waals surface area contributed by atoms with Crippen molar-refractivity contribution in [2.75, 3.05) is 4.90 Å². The lowest BCUT2D eigenvalue weighted by Gasteiger charge is -2.26. The van der Waals surface area contributed by atoms with Crippen molar-refractivity contribution >= 4 is 60.8 Å². The molecule has 51 heavy (non-hydrogen) atoms. The summed E-state index contributed by atoms with van der Waals surface area (Å²) in [5, 5.41) is 4.33. The van der Waals surface area contributed by atoms with E-state index in [4.69, 9.17) is 5.79 Å². The molecule has 240 valence electrons. The minimum atomic E-state index is 0.491. The summed E-state index contributed by atoms with van der Waals surface area (Å²) in [5.41, 5.74) is 12.8. The van der Waals surface area contributed by atoms with Gasteiger partial charge in [-0.05, 0) is 89.0 Å². The Morgan fingerprint density at radius 2 is 0.961 bits per heavy atom. The number of fused-ring (bicyclic) bond motifs is 6. The molecule has 10 aromatic rings. The zero-order valence-corrected chi connectivity index (χ0v) is 27.7. The van der Waals surface area contributed by atoms with Crippen LogP contribution in [0.5, 0.6) is 0 Å². The largest absolute Gasteiger partial charge is 0.456 e. The van der Waals surface area contributed by atoms with Crippen molar-refractivity contribution < 1.29 is 5.79 Å². The first-order valence-corrected chi connectivity index (χ1v) is 17.3. The summed E-state index contributed by atoms with van der Waals surface area (Å²) in [6, 6.07) is 66.3. The van der Waals surface area contributed by atoms with Crippen LogP contribution in [0.15, 0.2) is 199 Å². The lowest BCUT2D eigenvalue weighted by atomic mass is 10.0. The summed E-state index contributed by atoms with van der Waals surface area (Å²) in [4.78, 5) is 2.33. The van der Waals surface area contributed by atoms with Crippen LogP contribution in [-0.4, -0.2) is 4.57 Å². The molecular weight excluding hydrogens is 621 g/mol. The molecule has 3 nitrogen and oxygen atoms in total. The van der Waals surface area contributed by atoms with Crippen molar-refractivity contribution in [1.82, 2.24) is 4.57 Å². The second kappa shape index (κ2) is 11.9. The minimum Gasteiger partial charge on any atom is -0.456 e. The fraction of sp³-hybridized carbons (Fsp3) is 0. The molecule has 8 aromatic carbocycles. The van der Waals surface area contributed by atoms with E-state index in [1.165, 1.54) is 22.3 Å². The van der Waals surface area contributed by atoms with E-state index >= 15 is 0 Å². The van der Waals surface area contributed by atoms with Crippen LogP contribution < -0.4 is 4.90 Å². The Labute approximate surface area is 297 Å². The van der Waals surface area contributed by atoms with Crippen molar-refractivity contribution in [3.8, 4) is 27.9 Å². The summed E-state index contributed by atoms with van der Waals surface area (Å²) < 4.78 is 17.0. The highest BCUT2D eigenvalue weighted by molar-refractivity contribution is 6.11. The van der Waals surface area contributed by atoms with Gasteiger partial charge in [-0.25, -0.2) is 0 Å². The van der Waals surface area contributed by atoms with E-state index in [1.54, 1.807) is 0 Å². The number of para-hydroxylation sites is 2. The predicted molar refractivity (Wildman–Crippen MR) is 214 cm³/mol. The second-order valence-electron chi connectivity index (χ2n) is 12.9. The monoisotopic (exact) mass is 653 g/mol. The molecule has 0 saturated carbocycles. The fourth-order valence-electron chi connectivity index (χ4n) is 7.48. The number of furan rings is 1. The van der Waals surface area contributed by atoms with Crippen LogP contribution in [0.3, 0.4) is 0 Å². The molecule has 0 aliphatic heterocycles. The number of benzene rings is 8. The zero-order chi connectivity index (χ0) is 34.6. The van der Waals surface area contributed by atoms with Gasteiger partial charge >= 0.3 is 0 Å². The lowest BCUT2D eigenvalue weighted by molar-refractivity contribution is 0.669.